The molecule has 0 aliphatic carbocycles. The Labute approximate surface area is 91.5 Å². The Hall–Kier alpha value is -1.53. The number of aromatic nitrogens is 1. The van der Waals surface area contributed by atoms with Gasteiger partial charge in [0.15, 0.2) is 0 Å². The van der Waals surface area contributed by atoms with Crippen LogP contribution in [0.2, 0.25) is 0 Å². The van der Waals surface area contributed by atoms with Crippen LogP contribution in [0, 0.1) is 19.3 Å². The molecule has 15 heavy (non-hydrogen) atoms. The second-order valence-corrected chi connectivity index (χ2v) is 3.54. The van der Waals surface area contributed by atoms with E-state index < -0.39 is 0 Å². The van der Waals surface area contributed by atoms with Crippen molar-refractivity contribution in [1.29, 1.82) is 0 Å². The number of terminal acetylenes is 1. The van der Waals surface area contributed by atoms with E-state index in [2.05, 4.69) is 27.2 Å². The van der Waals surface area contributed by atoms with Crippen LogP contribution in [0.5, 0.6) is 0 Å². The minimum Gasteiger partial charge on any atom is -0.363 e. The highest BCUT2D eigenvalue weighted by Gasteiger charge is 2.06. The lowest BCUT2D eigenvalue weighted by Crippen LogP contribution is -2.20. The molecule has 0 aliphatic heterocycles. The second kappa shape index (κ2) is 5.38. The van der Waals surface area contributed by atoms with Gasteiger partial charge in [-0.05, 0) is 20.0 Å². The number of hydrogen-bond acceptors (Lipinski definition) is 3. The van der Waals surface area contributed by atoms with Gasteiger partial charge in [-0.25, -0.2) is 0 Å². The molecule has 1 rings (SSSR count). The molecule has 0 atom stereocenters. The summed E-state index contributed by atoms with van der Waals surface area (Å²) < 4.78 is 0. The quantitative estimate of drug-likeness (QED) is 0.745. The average Bonchev–Trinajstić information content (AvgIpc) is 2.21. The minimum absolute atomic E-state index is 0.611. The molecule has 1 heterocycles. The molecular weight excluding hydrogens is 186 g/mol. The smallest absolute Gasteiger partial charge is 0.0788 e. The first-order chi connectivity index (χ1) is 7.19. The van der Waals surface area contributed by atoms with Crippen LogP contribution >= 0.6 is 0 Å². The third-order valence-corrected chi connectivity index (χ3v) is 2.21. The van der Waals surface area contributed by atoms with Gasteiger partial charge < -0.3 is 10.2 Å². The standard InChI is InChI=1S/C12H17N3/c1-5-6-15(4)12-7-10(2)14-9-11(12)8-13-3/h1,7,9,13H,6,8H2,2-4H3. The Bertz CT molecular complexity index is 366. The van der Waals surface area contributed by atoms with Crippen LogP contribution in [0.15, 0.2) is 12.3 Å². The first-order valence-electron chi connectivity index (χ1n) is 4.93. The summed E-state index contributed by atoms with van der Waals surface area (Å²) in [4.78, 5) is 6.34. The largest absolute Gasteiger partial charge is 0.363 e. The second-order valence-electron chi connectivity index (χ2n) is 3.54. The van der Waals surface area contributed by atoms with Crippen molar-refractivity contribution in [1.82, 2.24) is 10.3 Å². The zero-order chi connectivity index (χ0) is 11.3. The van der Waals surface area contributed by atoms with Crippen molar-refractivity contribution in [3.05, 3.63) is 23.5 Å². The van der Waals surface area contributed by atoms with Crippen LogP contribution in [-0.2, 0) is 6.54 Å². The first kappa shape index (κ1) is 11.5. The number of aryl methyl sites for hydroxylation is 1. The Balaban J connectivity index is 3.01. The summed E-state index contributed by atoms with van der Waals surface area (Å²) in [6.07, 6.45) is 7.20. The van der Waals surface area contributed by atoms with Crippen LogP contribution in [-0.4, -0.2) is 25.6 Å². The van der Waals surface area contributed by atoms with Gasteiger partial charge in [0.05, 0.1) is 6.54 Å². The van der Waals surface area contributed by atoms with Gasteiger partial charge in [-0.3, -0.25) is 4.98 Å². The van der Waals surface area contributed by atoms with Crippen molar-refractivity contribution >= 4 is 5.69 Å². The number of anilines is 1. The Morgan fingerprint density at radius 2 is 2.33 bits per heavy atom. The summed E-state index contributed by atoms with van der Waals surface area (Å²) in [6, 6.07) is 2.06. The fourth-order valence-electron chi connectivity index (χ4n) is 1.48. The normalized spacial score (nSPS) is 9.73. The summed E-state index contributed by atoms with van der Waals surface area (Å²) in [7, 11) is 3.92. The molecule has 0 saturated heterocycles. The molecule has 0 fully saturated rings. The van der Waals surface area contributed by atoms with Crippen LogP contribution in [0.1, 0.15) is 11.3 Å². The topological polar surface area (TPSA) is 28.2 Å². The third-order valence-electron chi connectivity index (χ3n) is 2.21. The Morgan fingerprint density at radius 1 is 1.60 bits per heavy atom. The highest BCUT2D eigenvalue weighted by Crippen LogP contribution is 2.19. The predicted octanol–water partition coefficient (Wildman–Crippen LogP) is 1.18. The number of hydrogen-bond donors (Lipinski definition) is 1. The first-order valence-corrected chi connectivity index (χ1v) is 4.93. The average molecular weight is 203 g/mol. The molecule has 0 unspecified atom stereocenters. The molecule has 1 aromatic heterocycles. The van der Waals surface area contributed by atoms with Crippen molar-refractivity contribution in [2.24, 2.45) is 0 Å². The summed E-state index contributed by atoms with van der Waals surface area (Å²) in [5, 5.41) is 3.12. The number of rotatable bonds is 4. The molecule has 0 radical (unpaired) electrons. The molecule has 0 bridgehead atoms. The maximum Gasteiger partial charge on any atom is 0.0788 e. The lowest BCUT2D eigenvalue weighted by atomic mass is 10.2. The molecule has 3 nitrogen and oxygen atoms in total. The SMILES string of the molecule is C#CCN(C)c1cc(C)ncc1CNC. The molecule has 80 valence electrons. The number of nitrogens with one attached hydrogen (secondary N) is 1. The van der Waals surface area contributed by atoms with Crippen LogP contribution < -0.4 is 10.2 Å². The lowest BCUT2D eigenvalue weighted by molar-refractivity contribution is 0.806. The predicted molar refractivity (Wildman–Crippen MR) is 63.8 cm³/mol. The monoisotopic (exact) mass is 203 g/mol. The van der Waals surface area contributed by atoms with E-state index in [1.807, 2.05) is 27.2 Å². The maximum absolute atomic E-state index is 5.31. The fourth-order valence-corrected chi connectivity index (χ4v) is 1.48. The summed E-state index contributed by atoms with van der Waals surface area (Å²) in [5.41, 5.74) is 3.32. The van der Waals surface area contributed by atoms with E-state index in [4.69, 9.17) is 6.42 Å². The molecule has 0 aliphatic rings. The van der Waals surface area contributed by atoms with Gasteiger partial charge in [0, 0.05) is 36.7 Å². The molecule has 0 aromatic carbocycles. The third kappa shape index (κ3) is 2.97. The van der Waals surface area contributed by atoms with Gasteiger partial charge in [0.1, 0.15) is 0 Å². The van der Waals surface area contributed by atoms with Crippen molar-refractivity contribution in [3.63, 3.8) is 0 Å². The number of nitrogens with zero attached hydrogens (tertiary/aromatic N) is 2. The van der Waals surface area contributed by atoms with Crippen molar-refractivity contribution in [3.8, 4) is 12.3 Å². The lowest BCUT2D eigenvalue weighted by Gasteiger charge is -2.20. The highest BCUT2D eigenvalue weighted by molar-refractivity contribution is 5.53. The summed E-state index contributed by atoms with van der Waals surface area (Å²) in [6.45, 7) is 3.40. The molecule has 1 aromatic rings. The van der Waals surface area contributed by atoms with Crippen molar-refractivity contribution in [2.45, 2.75) is 13.5 Å². The molecule has 0 spiro atoms. The van der Waals surface area contributed by atoms with E-state index in [1.165, 1.54) is 5.56 Å². The van der Waals surface area contributed by atoms with Gasteiger partial charge in [0.2, 0.25) is 0 Å². The van der Waals surface area contributed by atoms with Gasteiger partial charge >= 0.3 is 0 Å². The van der Waals surface area contributed by atoms with Crippen LogP contribution in [0.4, 0.5) is 5.69 Å². The van der Waals surface area contributed by atoms with Gasteiger partial charge in [-0.1, -0.05) is 5.92 Å². The maximum atomic E-state index is 5.31. The van der Waals surface area contributed by atoms with E-state index in [0.717, 1.165) is 17.9 Å². The van der Waals surface area contributed by atoms with Crippen LogP contribution in [0.3, 0.4) is 0 Å². The molecule has 0 amide bonds. The van der Waals surface area contributed by atoms with Crippen molar-refractivity contribution in [2.75, 3.05) is 25.5 Å². The van der Waals surface area contributed by atoms with Crippen LogP contribution in [0.25, 0.3) is 0 Å². The van der Waals surface area contributed by atoms with E-state index in [9.17, 15) is 0 Å². The van der Waals surface area contributed by atoms with E-state index in [-0.39, 0.29) is 0 Å². The Morgan fingerprint density at radius 3 is 2.93 bits per heavy atom. The van der Waals surface area contributed by atoms with Gasteiger partial charge in [-0.2, -0.15) is 0 Å². The molecule has 0 saturated carbocycles. The molecule has 3 heteroatoms. The summed E-state index contributed by atoms with van der Waals surface area (Å²) >= 11 is 0. The van der Waals surface area contributed by atoms with E-state index in [0.29, 0.717) is 6.54 Å². The summed E-state index contributed by atoms with van der Waals surface area (Å²) in [5.74, 6) is 2.64. The zero-order valence-electron chi connectivity index (χ0n) is 9.54. The molecular formula is C12H17N3. The van der Waals surface area contributed by atoms with Gasteiger partial charge in [0.25, 0.3) is 0 Å². The minimum atomic E-state index is 0.611. The highest BCUT2D eigenvalue weighted by atomic mass is 15.1. The molecule has 1 N–H and O–H groups in total. The van der Waals surface area contributed by atoms with Crippen molar-refractivity contribution < 1.29 is 0 Å². The van der Waals surface area contributed by atoms with E-state index >= 15 is 0 Å². The Kier molecular flexibility index (Phi) is 4.14. The van der Waals surface area contributed by atoms with E-state index in [1.54, 1.807) is 0 Å². The fraction of sp³-hybridized carbons (Fsp3) is 0.417. The van der Waals surface area contributed by atoms with Gasteiger partial charge in [-0.15, -0.1) is 6.42 Å². The zero-order valence-corrected chi connectivity index (χ0v) is 9.54. The number of pyridine rings is 1.